The molecule has 0 amide bonds. The van der Waals surface area contributed by atoms with Crippen LogP contribution in [0.25, 0.3) is 22.4 Å². The summed E-state index contributed by atoms with van der Waals surface area (Å²) in [5, 5.41) is 1.19. The van der Waals surface area contributed by atoms with Crippen LogP contribution in [0, 0.1) is 0 Å². The zero-order chi connectivity index (χ0) is 15.5. The second-order valence-corrected chi connectivity index (χ2v) is 5.97. The smallest absolute Gasteiger partial charge is 0.262 e. The minimum absolute atomic E-state index is 0. The molecule has 0 aliphatic carbocycles. The molecule has 120 valence electrons. The van der Waals surface area contributed by atoms with Gasteiger partial charge in [-0.3, -0.25) is 0 Å². The summed E-state index contributed by atoms with van der Waals surface area (Å²) in [7, 11) is 5.43. The van der Waals surface area contributed by atoms with Gasteiger partial charge in [0.05, 0.1) is 14.2 Å². The number of fused-ring (bicyclic) bond motifs is 1. The Morgan fingerprint density at radius 3 is 2.48 bits per heavy atom. The predicted molar refractivity (Wildman–Crippen MR) is 91.5 cm³/mol. The first-order valence-corrected chi connectivity index (χ1v) is 7.82. The third kappa shape index (κ3) is 3.67. The van der Waals surface area contributed by atoms with Gasteiger partial charge in [-0.05, 0) is 30.3 Å². The SMILES string of the molecule is COc1ccc(OC)c(C=Cc2sc3ccccc3[n+]2C)c1.[I-]. The number of aryl methyl sites for hydroxylation is 1. The minimum Gasteiger partial charge on any atom is -1.00 e. The molecule has 23 heavy (non-hydrogen) atoms. The van der Waals surface area contributed by atoms with Crippen molar-refractivity contribution in [2.24, 2.45) is 7.05 Å². The minimum atomic E-state index is 0. The van der Waals surface area contributed by atoms with Crippen molar-refractivity contribution >= 4 is 33.7 Å². The number of aromatic nitrogens is 1. The van der Waals surface area contributed by atoms with Gasteiger partial charge in [-0.1, -0.05) is 23.5 Å². The number of methoxy groups -OCH3 is 2. The van der Waals surface area contributed by atoms with Gasteiger partial charge in [0, 0.05) is 17.7 Å². The third-order valence-electron chi connectivity index (χ3n) is 3.61. The van der Waals surface area contributed by atoms with Crippen LogP contribution in [0.3, 0.4) is 0 Å². The molecule has 0 fully saturated rings. The quantitative estimate of drug-likeness (QED) is 0.446. The number of hydrogen-bond acceptors (Lipinski definition) is 3. The van der Waals surface area contributed by atoms with Gasteiger partial charge >= 0.3 is 0 Å². The fourth-order valence-electron chi connectivity index (χ4n) is 2.40. The molecule has 0 radical (unpaired) electrons. The van der Waals surface area contributed by atoms with E-state index in [2.05, 4.69) is 48.0 Å². The number of hydrogen-bond donors (Lipinski definition) is 0. The second-order valence-electron chi connectivity index (χ2n) is 4.91. The third-order valence-corrected chi connectivity index (χ3v) is 4.80. The number of rotatable bonds is 4. The molecule has 1 heterocycles. The van der Waals surface area contributed by atoms with Crippen LogP contribution in [-0.4, -0.2) is 14.2 Å². The Bertz CT molecular complexity index is 842. The molecule has 0 aliphatic heterocycles. The number of ether oxygens (including phenoxy) is 2. The first kappa shape index (κ1) is 17.7. The van der Waals surface area contributed by atoms with Crippen molar-refractivity contribution < 1.29 is 38.0 Å². The van der Waals surface area contributed by atoms with Crippen molar-refractivity contribution in [3.63, 3.8) is 0 Å². The lowest BCUT2D eigenvalue weighted by Gasteiger charge is -2.06. The van der Waals surface area contributed by atoms with Crippen molar-refractivity contribution in [2.45, 2.75) is 0 Å². The summed E-state index contributed by atoms with van der Waals surface area (Å²) in [6.07, 6.45) is 4.17. The average Bonchev–Trinajstić information content (AvgIpc) is 2.89. The number of thiazole rings is 1. The largest absolute Gasteiger partial charge is 1.00 e. The Morgan fingerprint density at radius 1 is 1.00 bits per heavy atom. The summed E-state index contributed by atoms with van der Waals surface area (Å²) < 4.78 is 14.2. The van der Waals surface area contributed by atoms with E-state index in [9.17, 15) is 0 Å². The van der Waals surface area contributed by atoms with E-state index >= 15 is 0 Å². The van der Waals surface area contributed by atoms with Gasteiger partial charge in [0.2, 0.25) is 5.52 Å². The number of nitrogens with zero attached hydrogens (tertiary/aromatic N) is 1. The van der Waals surface area contributed by atoms with E-state index in [1.807, 2.05) is 18.2 Å². The van der Waals surface area contributed by atoms with E-state index in [1.165, 1.54) is 15.2 Å². The summed E-state index contributed by atoms with van der Waals surface area (Å²) in [6.45, 7) is 0. The summed E-state index contributed by atoms with van der Waals surface area (Å²) >= 11 is 1.77. The molecule has 2 aromatic carbocycles. The Balaban J connectivity index is 0.00000192. The lowest BCUT2D eigenvalue weighted by Crippen LogP contribution is -3.00. The molecule has 3 aromatic rings. The zero-order valence-electron chi connectivity index (χ0n) is 13.2. The van der Waals surface area contributed by atoms with Crippen molar-refractivity contribution in [1.82, 2.24) is 0 Å². The summed E-state index contributed by atoms with van der Waals surface area (Å²) in [5.41, 5.74) is 2.24. The normalized spacial score (nSPS) is 10.7. The molecule has 0 bridgehead atoms. The predicted octanol–water partition coefficient (Wildman–Crippen LogP) is 0.917. The fourth-order valence-corrected chi connectivity index (χ4v) is 3.45. The Morgan fingerprint density at radius 2 is 1.78 bits per heavy atom. The van der Waals surface area contributed by atoms with Crippen LogP contribution in [-0.2, 0) is 7.05 Å². The first-order valence-electron chi connectivity index (χ1n) is 7.00. The van der Waals surface area contributed by atoms with E-state index in [0.29, 0.717) is 0 Å². The molecule has 0 unspecified atom stereocenters. The first-order chi connectivity index (χ1) is 10.7. The zero-order valence-corrected chi connectivity index (χ0v) is 16.2. The van der Waals surface area contributed by atoms with E-state index in [-0.39, 0.29) is 24.0 Å². The summed E-state index contributed by atoms with van der Waals surface area (Å²) in [4.78, 5) is 0. The highest BCUT2D eigenvalue weighted by molar-refractivity contribution is 7.18. The van der Waals surface area contributed by atoms with Gasteiger partial charge in [0.1, 0.15) is 23.2 Å². The molecule has 0 saturated carbocycles. The molecule has 0 N–H and O–H groups in total. The number of halogens is 1. The molecular weight excluding hydrogens is 421 g/mol. The molecule has 0 aliphatic rings. The van der Waals surface area contributed by atoms with E-state index < -0.39 is 0 Å². The molecule has 1 aromatic heterocycles. The highest BCUT2D eigenvalue weighted by Crippen LogP contribution is 2.27. The Hall–Kier alpha value is -1.60. The topological polar surface area (TPSA) is 22.3 Å². The van der Waals surface area contributed by atoms with Crippen LogP contribution in [0.1, 0.15) is 10.6 Å². The van der Waals surface area contributed by atoms with E-state index in [1.54, 1.807) is 25.6 Å². The van der Waals surface area contributed by atoms with Crippen molar-refractivity contribution in [3.8, 4) is 11.5 Å². The van der Waals surface area contributed by atoms with Crippen LogP contribution >= 0.6 is 11.3 Å². The van der Waals surface area contributed by atoms with Crippen LogP contribution in [0.2, 0.25) is 0 Å². The molecule has 0 saturated heterocycles. The van der Waals surface area contributed by atoms with Gasteiger partial charge in [-0.2, -0.15) is 4.57 Å². The Labute approximate surface area is 157 Å². The Kier molecular flexibility index (Phi) is 6.01. The second kappa shape index (κ2) is 7.79. The number of benzene rings is 2. The fraction of sp³-hybridized carbons (Fsp3) is 0.167. The highest BCUT2D eigenvalue weighted by Gasteiger charge is 2.13. The summed E-state index contributed by atoms with van der Waals surface area (Å²) in [5.74, 6) is 1.65. The van der Waals surface area contributed by atoms with Crippen molar-refractivity contribution in [3.05, 3.63) is 53.0 Å². The van der Waals surface area contributed by atoms with Crippen LogP contribution in [0.15, 0.2) is 42.5 Å². The van der Waals surface area contributed by atoms with Gasteiger partial charge in [0.25, 0.3) is 5.01 Å². The molecule has 0 atom stereocenters. The monoisotopic (exact) mass is 439 g/mol. The summed E-state index contributed by atoms with van der Waals surface area (Å²) in [6, 6.07) is 14.2. The molecular formula is C18H18INO2S. The van der Waals surface area contributed by atoms with Crippen LogP contribution < -0.4 is 38.0 Å². The van der Waals surface area contributed by atoms with Crippen LogP contribution in [0.4, 0.5) is 0 Å². The molecule has 3 rings (SSSR count). The van der Waals surface area contributed by atoms with Crippen molar-refractivity contribution in [1.29, 1.82) is 0 Å². The van der Waals surface area contributed by atoms with Gasteiger partial charge in [-0.25, -0.2) is 0 Å². The van der Waals surface area contributed by atoms with E-state index in [0.717, 1.165) is 17.1 Å². The van der Waals surface area contributed by atoms with Gasteiger partial charge < -0.3 is 33.5 Å². The van der Waals surface area contributed by atoms with E-state index in [4.69, 9.17) is 9.47 Å². The average molecular weight is 439 g/mol. The number of para-hydroxylation sites is 1. The lowest BCUT2D eigenvalue weighted by molar-refractivity contribution is -0.642. The molecule has 5 heteroatoms. The highest BCUT2D eigenvalue weighted by atomic mass is 127. The maximum Gasteiger partial charge on any atom is 0.262 e. The maximum absolute atomic E-state index is 5.41. The van der Waals surface area contributed by atoms with Crippen LogP contribution in [0.5, 0.6) is 11.5 Å². The standard InChI is InChI=1S/C18H18NO2S.HI/c1-19-15-6-4-5-7-17(15)22-18(19)11-8-13-12-14(20-2)9-10-16(13)21-3;/h4-12H,1-3H3;1H/q+1;/p-1. The molecule has 3 nitrogen and oxygen atoms in total. The lowest BCUT2D eigenvalue weighted by atomic mass is 10.1. The van der Waals surface area contributed by atoms with Gasteiger partial charge in [-0.15, -0.1) is 0 Å². The van der Waals surface area contributed by atoms with Gasteiger partial charge in [0.15, 0.2) is 0 Å². The maximum atomic E-state index is 5.41. The van der Waals surface area contributed by atoms with Crippen molar-refractivity contribution in [2.75, 3.05) is 14.2 Å². The molecule has 0 spiro atoms.